The van der Waals surface area contributed by atoms with E-state index in [1.54, 1.807) is 0 Å². The molecular formula is C29H40N6O18. The molecule has 0 aromatic heterocycles. The smallest absolute Gasteiger partial charge is 0.303 e. The summed E-state index contributed by atoms with van der Waals surface area (Å²) in [7, 11) is 0. The van der Waals surface area contributed by atoms with E-state index in [9.17, 15) is 33.6 Å². The number of azide groups is 2. The van der Waals surface area contributed by atoms with Gasteiger partial charge in [0.1, 0.15) is 31.5 Å². The quantitative estimate of drug-likeness (QED) is 0.0644. The highest BCUT2D eigenvalue weighted by molar-refractivity contribution is 5.69. The Balaban J connectivity index is 2.78. The van der Waals surface area contributed by atoms with Gasteiger partial charge in [0, 0.05) is 58.3 Å². The van der Waals surface area contributed by atoms with Gasteiger partial charge in [-0.25, -0.2) is 0 Å². The molecule has 0 amide bonds. The van der Waals surface area contributed by atoms with Crippen molar-refractivity contribution in [3.05, 3.63) is 20.9 Å². The Morgan fingerprint density at radius 2 is 0.887 bits per heavy atom. The van der Waals surface area contributed by atoms with E-state index >= 15 is 0 Å². The normalized spacial score (nSPS) is 28.3. The lowest BCUT2D eigenvalue weighted by molar-refractivity contribution is -0.363. The van der Waals surface area contributed by atoms with E-state index in [1.807, 2.05) is 0 Å². The molecule has 0 bridgehead atoms. The first-order valence-electron chi connectivity index (χ1n) is 15.7. The second kappa shape index (κ2) is 21.3. The molecule has 0 unspecified atom stereocenters. The van der Waals surface area contributed by atoms with Gasteiger partial charge in [0.25, 0.3) is 0 Å². The summed E-state index contributed by atoms with van der Waals surface area (Å²) < 4.78 is 61.7. The van der Waals surface area contributed by atoms with Gasteiger partial charge in [-0.1, -0.05) is 10.2 Å². The van der Waals surface area contributed by atoms with E-state index in [0.717, 1.165) is 48.5 Å². The lowest BCUT2D eigenvalue weighted by atomic mass is 9.96. The molecule has 0 aliphatic carbocycles. The van der Waals surface area contributed by atoms with Crippen molar-refractivity contribution < 1.29 is 85.7 Å². The number of hydrogen-bond acceptors (Lipinski definition) is 20. The molecule has 2 aliphatic rings. The molecule has 294 valence electrons. The summed E-state index contributed by atoms with van der Waals surface area (Å²) >= 11 is 0. The summed E-state index contributed by atoms with van der Waals surface area (Å²) in [6, 6.07) is 0. The molecule has 0 spiro atoms. The van der Waals surface area contributed by atoms with Crippen molar-refractivity contribution in [2.75, 3.05) is 26.3 Å². The van der Waals surface area contributed by atoms with Crippen LogP contribution >= 0.6 is 0 Å². The number of carbonyl (C=O) groups is 7. The highest BCUT2D eigenvalue weighted by Crippen LogP contribution is 2.36. The van der Waals surface area contributed by atoms with Crippen molar-refractivity contribution >= 4 is 41.8 Å². The van der Waals surface area contributed by atoms with Crippen LogP contribution in [0.4, 0.5) is 0 Å². The van der Waals surface area contributed by atoms with Gasteiger partial charge >= 0.3 is 41.8 Å². The molecule has 2 aliphatic heterocycles. The first-order valence-corrected chi connectivity index (χ1v) is 15.7. The maximum absolute atomic E-state index is 12.5. The largest absolute Gasteiger partial charge is 0.463 e. The molecule has 0 saturated carbocycles. The zero-order chi connectivity index (χ0) is 39.8. The molecule has 53 heavy (non-hydrogen) atoms. The van der Waals surface area contributed by atoms with Crippen LogP contribution in [0.5, 0.6) is 0 Å². The number of esters is 7. The topological polar surface area (TPSA) is 319 Å². The van der Waals surface area contributed by atoms with Gasteiger partial charge in [-0.05, 0) is 11.1 Å². The Hall–Kier alpha value is -5.25. The van der Waals surface area contributed by atoms with Gasteiger partial charge in [0.05, 0.1) is 19.2 Å². The minimum Gasteiger partial charge on any atom is -0.463 e. The summed E-state index contributed by atoms with van der Waals surface area (Å²) in [5, 5.41) is 6.81. The van der Waals surface area contributed by atoms with Crippen LogP contribution in [0, 0.1) is 0 Å². The van der Waals surface area contributed by atoms with Gasteiger partial charge in [-0.3, -0.25) is 33.6 Å². The number of hydrogen-bond donors (Lipinski definition) is 0. The highest BCUT2D eigenvalue weighted by atomic mass is 16.8. The molecule has 2 fully saturated rings. The molecule has 2 rings (SSSR count). The summed E-state index contributed by atoms with van der Waals surface area (Å²) in [5.74, 6) is -6.30. The highest BCUT2D eigenvalue weighted by Gasteiger charge is 2.57. The minimum absolute atomic E-state index is 0.417. The molecule has 2 heterocycles. The van der Waals surface area contributed by atoms with E-state index in [-0.39, 0.29) is 0 Å². The Kier molecular flexibility index (Phi) is 17.7. The van der Waals surface area contributed by atoms with E-state index in [0.29, 0.717) is 0 Å². The van der Waals surface area contributed by atoms with Gasteiger partial charge in [0.15, 0.2) is 43.1 Å². The molecule has 24 nitrogen and oxygen atoms in total. The third-order valence-corrected chi connectivity index (χ3v) is 6.91. The summed E-state index contributed by atoms with van der Waals surface area (Å²) in [4.78, 5) is 90.8. The van der Waals surface area contributed by atoms with Crippen LogP contribution < -0.4 is 0 Å². The third kappa shape index (κ3) is 14.4. The van der Waals surface area contributed by atoms with E-state index < -0.39 is 136 Å². The molecule has 0 radical (unpaired) electrons. The predicted molar refractivity (Wildman–Crippen MR) is 166 cm³/mol. The average molecular weight is 761 g/mol. The van der Waals surface area contributed by atoms with Crippen LogP contribution in [0.15, 0.2) is 10.2 Å². The Bertz CT molecular complexity index is 1430. The molecule has 0 N–H and O–H groups in total. The van der Waals surface area contributed by atoms with Crippen molar-refractivity contribution in [3.8, 4) is 0 Å². The number of carbonyl (C=O) groups excluding carboxylic acids is 7. The van der Waals surface area contributed by atoms with E-state index in [4.69, 9.17) is 63.2 Å². The van der Waals surface area contributed by atoms with Crippen molar-refractivity contribution in [1.29, 1.82) is 0 Å². The second-order valence-corrected chi connectivity index (χ2v) is 11.2. The predicted octanol–water partition coefficient (Wildman–Crippen LogP) is 0.612. The number of ether oxygens (including phenoxy) is 11. The maximum atomic E-state index is 12.5. The van der Waals surface area contributed by atoms with Crippen LogP contribution in [0.3, 0.4) is 0 Å². The lowest BCUT2D eigenvalue weighted by Gasteiger charge is -2.49. The van der Waals surface area contributed by atoms with Crippen LogP contribution in [-0.4, -0.2) is 136 Å². The number of rotatable bonds is 17. The Morgan fingerprint density at radius 1 is 0.528 bits per heavy atom. The van der Waals surface area contributed by atoms with Gasteiger partial charge in [-0.2, -0.15) is 0 Å². The first kappa shape index (κ1) is 43.9. The standard InChI is InChI=1S/C29H40N6O18/c1-12(36)43-10-20-22(45-14(3)38)24(46-15(4)39)27(49-18(7)42)29(52-20)53-23-21(11-44-13(2)37)51-28(50-19(8-32-34-30)9-33-35-31)26(48-17(6)41)25(23)47-16(5)40/h19-29H,8-11H2,1-7H3/t20-,21-,22-,23-,24+,25+,26-,27-,28-,29-/m1/s1. The van der Waals surface area contributed by atoms with Crippen molar-refractivity contribution in [2.45, 2.75) is 116 Å². The van der Waals surface area contributed by atoms with Crippen molar-refractivity contribution in [3.63, 3.8) is 0 Å². The van der Waals surface area contributed by atoms with Crippen LogP contribution in [0.2, 0.25) is 0 Å². The molecule has 0 aromatic rings. The SMILES string of the molecule is CC(=O)OC[C@H]1O[C@H](O[C@H]2[C@H](OC(C)=O)[C@@H](OC(C)=O)[C@H](OC(CN=[N+]=[N-])CN=[N+]=[N-])O[C@@H]2COC(C)=O)[C@H](OC(C)=O)[C@@H](OC(C)=O)[C@@H]1OC(C)=O. The molecular weight excluding hydrogens is 720 g/mol. The van der Waals surface area contributed by atoms with Gasteiger partial charge in [-0.15, -0.1) is 0 Å². The summed E-state index contributed by atoms with van der Waals surface area (Å²) in [5.41, 5.74) is 17.7. The fourth-order valence-electron chi connectivity index (χ4n) is 5.17. The maximum Gasteiger partial charge on any atom is 0.303 e. The van der Waals surface area contributed by atoms with Gasteiger partial charge in [0.2, 0.25) is 0 Å². The fraction of sp³-hybridized carbons (Fsp3) is 0.759. The molecule has 10 atom stereocenters. The zero-order valence-electron chi connectivity index (χ0n) is 29.7. The summed E-state index contributed by atoms with van der Waals surface area (Å²) in [6.07, 6.45) is -17.9. The second-order valence-electron chi connectivity index (χ2n) is 11.2. The minimum atomic E-state index is -1.87. The summed E-state index contributed by atoms with van der Waals surface area (Å²) in [6.45, 7) is 5.04. The van der Waals surface area contributed by atoms with Crippen LogP contribution in [0.25, 0.3) is 20.9 Å². The third-order valence-electron chi connectivity index (χ3n) is 6.91. The molecule has 24 heteroatoms. The monoisotopic (exact) mass is 760 g/mol. The van der Waals surface area contributed by atoms with E-state index in [2.05, 4.69) is 20.1 Å². The Morgan fingerprint density at radius 3 is 1.30 bits per heavy atom. The van der Waals surface area contributed by atoms with Crippen molar-refractivity contribution in [1.82, 2.24) is 0 Å². The molecule has 0 aromatic carbocycles. The van der Waals surface area contributed by atoms with Gasteiger partial charge < -0.3 is 52.1 Å². The number of nitrogens with zero attached hydrogens (tertiary/aromatic N) is 6. The Labute approximate surface area is 301 Å². The molecule has 2 saturated heterocycles. The van der Waals surface area contributed by atoms with Crippen LogP contribution in [-0.2, 0) is 85.7 Å². The van der Waals surface area contributed by atoms with E-state index in [1.165, 1.54) is 0 Å². The lowest BCUT2D eigenvalue weighted by Crippen LogP contribution is -2.67. The van der Waals surface area contributed by atoms with Crippen LogP contribution in [0.1, 0.15) is 48.5 Å². The zero-order valence-corrected chi connectivity index (χ0v) is 29.7. The van der Waals surface area contributed by atoms with Crippen molar-refractivity contribution in [2.24, 2.45) is 10.2 Å². The average Bonchev–Trinajstić information content (AvgIpc) is 3.04. The fourth-order valence-corrected chi connectivity index (χ4v) is 5.17. The first-order chi connectivity index (χ1) is 25.0.